The van der Waals surface area contributed by atoms with Gasteiger partial charge in [-0.3, -0.25) is 4.40 Å². The summed E-state index contributed by atoms with van der Waals surface area (Å²) in [7, 11) is 0. The first-order valence-corrected chi connectivity index (χ1v) is 10.3. The summed E-state index contributed by atoms with van der Waals surface area (Å²) in [6.07, 6.45) is 4.19. The SMILES string of the molecule is CCNC(=NCc1nnc2ccccn12)NC1CCN(c2cccs2)CC1.I. The highest BCUT2D eigenvalue weighted by molar-refractivity contribution is 14.0. The molecule has 0 amide bonds. The molecular formula is C19H26IN7S. The molecule has 0 saturated carbocycles. The van der Waals surface area contributed by atoms with Crippen molar-refractivity contribution >= 4 is 51.9 Å². The van der Waals surface area contributed by atoms with Gasteiger partial charge < -0.3 is 15.5 Å². The summed E-state index contributed by atoms with van der Waals surface area (Å²) in [4.78, 5) is 7.20. The number of piperidine rings is 1. The second kappa shape index (κ2) is 10.1. The lowest BCUT2D eigenvalue weighted by Crippen LogP contribution is -2.48. The first-order chi connectivity index (χ1) is 13.3. The molecule has 0 aliphatic carbocycles. The van der Waals surface area contributed by atoms with E-state index in [-0.39, 0.29) is 24.0 Å². The number of aromatic nitrogens is 3. The predicted molar refractivity (Wildman–Crippen MR) is 126 cm³/mol. The quantitative estimate of drug-likeness (QED) is 0.313. The minimum atomic E-state index is 0. The molecule has 3 aromatic rings. The van der Waals surface area contributed by atoms with Crippen LogP contribution in [-0.2, 0) is 6.54 Å². The maximum atomic E-state index is 4.73. The van der Waals surface area contributed by atoms with E-state index in [9.17, 15) is 0 Å². The Kier molecular flexibility index (Phi) is 7.49. The Hall–Kier alpha value is -1.88. The zero-order valence-corrected chi connectivity index (χ0v) is 19.1. The number of nitrogens with one attached hydrogen (secondary N) is 2. The number of fused-ring (bicyclic) bond motifs is 1. The Morgan fingerprint density at radius 1 is 1.21 bits per heavy atom. The van der Waals surface area contributed by atoms with Crippen molar-refractivity contribution in [2.45, 2.75) is 32.4 Å². The third-order valence-electron chi connectivity index (χ3n) is 4.76. The van der Waals surface area contributed by atoms with Crippen LogP contribution in [0.1, 0.15) is 25.6 Å². The van der Waals surface area contributed by atoms with Crippen LogP contribution in [0.15, 0.2) is 46.9 Å². The van der Waals surface area contributed by atoms with E-state index in [1.165, 1.54) is 5.00 Å². The maximum Gasteiger partial charge on any atom is 0.191 e. The van der Waals surface area contributed by atoms with Crippen molar-refractivity contribution in [1.82, 2.24) is 25.2 Å². The summed E-state index contributed by atoms with van der Waals surface area (Å²) in [6.45, 7) is 5.57. The number of guanidine groups is 1. The molecule has 1 saturated heterocycles. The van der Waals surface area contributed by atoms with Gasteiger partial charge in [0.05, 0.1) is 5.00 Å². The molecule has 1 fully saturated rings. The number of halogens is 1. The van der Waals surface area contributed by atoms with Crippen molar-refractivity contribution in [3.63, 3.8) is 0 Å². The lowest BCUT2D eigenvalue weighted by molar-refractivity contribution is 0.462. The first kappa shape index (κ1) is 20.8. The number of thiophene rings is 1. The average Bonchev–Trinajstić information content (AvgIpc) is 3.37. The summed E-state index contributed by atoms with van der Waals surface area (Å²) < 4.78 is 1.98. The molecule has 28 heavy (non-hydrogen) atoms. The minimum absolute atomic E-state index is 0. The van der Waals surface area contributed by atoms with Gasteiger partial charge >= 0.3 is 0 Å². The Labute approximate surface area is 186 Å². The lowest BCUT2D eigenvalue weighted by atomic mass is 10.1. The number of hydrogen-bond donors (Lipinski definition) is 2. The lowest BCUT2D eigenvalue weighted by Gasteiger charge is -2.33. The van der Waals surface area contributed by atoms with E-state index < -0.39 is 0 Å². The largest absolute Gasteiger partial charge is 0.363 e. The van der Waals surface area contributed by atoms with E-state index in [0.29, 0.717) is 12.6 Å². The summed E-state index contributed by atoms with van der Waals surface area (Å²) in [5.41, 5.74) is 0.849. The second-order valence-electron chi connectivity index (χ2n) is 6.60. The highest BCUT2D eigenvalue weighted by atomic mass is 127. The van der Waals surface area contributed by atoms with E-state index in [4.69, 9.17) is 4.99 Å². The Balaban J connectivity index is 0.00000225. The Morgan fingerprint density at radius 2 is 2.07 bits per heavy atom. The molecule has 0 spiro atoms. The normalized spacial score (nSPS) is 15.5. The average molecular weight is 511 g/mol. The molecule has 0 aromatic carbocycles. The number of rotatable bonds is 5. The molecule has 4 rings (SSSR count). The summed E-state index contributed by atoms with van der Waals surface area (Å²) >= 11 is 1.81. The minimum Gasteiger partial charge on any atom is -0.363 e. The van der Waals surface area contributed by atoms with Crippen LogP contribution in [0, 0.1) is 0 Å². The molecule has 2 N–H and O–H groups in total. The zero-order chi connectivity index (χ0) is 18.5. The van der Waals surface area contributed by atoms with Gasteiger partial charge in [-0.15, -0.1) is 45.5 Å². The first-order valence-electron chi connectivity index (χ1n) is 9.45. The van der Waals surface area contributed by atoms with Crippen molar-refractivity contribution in [2.24, 2.45) is 4.99 Å². The van der Waals surface area contributed by atoms with E-state index in [0.717, 1.165) is 49.9 Å². The van der Waals surface area contributed by atoms with Crippen LogP contribution in [0.5, 0.6) is 0 Å². The van der Waals surface area contributed by atoms with Crippen LogP contribution in [0.2, 0.25) is 0 Å². The molecule has 0 radical (unpaired) electrons. The molecule has 0 unspecified atom stereocenters. The highest BCUT2D eigenvalue weighted by Crippen LogP contribution is 2.24. The highest BCUT2D eigenvalue weighted by Gasteiger charge is 2.20. The standard InChI is InChI=1S/C19H25N7S.HI/c1-2-20-19(21-14-17-24-23-16-6-3-4-10-26(16)17)22-15-8-11-25(12-9-15)18-7-5-13-27-18;/h3-7,10,13,15H,2,8-9,11-12,14H2,1H3,(H2,20,21,22);1H. The van der Waals surface area contributed by atoms with Crippen molar-refractivity contribution in [2.75, 3.05) is 24.5 Å². The molecular weight excluding hydrogens is 485 g/mol. The fourth-order valence-corrected chi connectivity index (χ4v) is 4.14. The third-order valence-corrected chi connectivity index (χ3v) is 5.69. The van der Waals surface area contributed by atoms with Gasteiger partial charge in [0, 0.05) is 31.9 Å². The van der Waals surface area contributed by atoms with E-state index in [1.807, 2.05) is 40.1 Å². The summed E-state index contributed by atoms with van der Waals surface area (Å²) in [6, 6.07) is 10.7. The zero-order valence-electron chi connectivity index (χ0n) is 15.9. The molecule has 7 nitrogen and oxygen atoms in total. The van der Waals surface area contributed by atoms with Crippen LogP contribution >= 0.6 is 35.3 Å². The van der Waals surface area contributed by atoms with Gasteiger partial charge in [-0.1, -0.05) is 6.07 Å². The monoisotopic (exact) mass is 511 g/mol. The molecule has 4 heterocycles. The fraction of sp³-hybridized carbons (Fsp3) is 0.421. The van der Waals surface area contributed by atoms with E-state index in [2.05, 4.69) is 50.2 Å². The number of pyridine rings is 1. The van der Waals surface area contributed by atoms with Gasteiger partial charge in [0.1, 0.15) is 6.54 Å². The summed E-state index contributed by atoms with van der Waals surface area (Å²) in [5.74, 6) is 1.69. The summed E-state index contributed by atoms with van der Waals surface area (Å²) in [5, 5.41) is 18.9. The molecule has 9 heteroatoms. The molecule has 0 bridgehead atoms. The molecule has 1 aliphatic rings. The number of nitrogens with zero attached hydrogens (tertiary/aromatic N) is 5. The van der Waals surface area contributed by atoms with Gasteiger partial charge in [0.2, 0.25) is 0 Å². The van der Waals surface area contributed by atoms with Crippen molar-refractivity contribution in [1.29, 1.82) is 0 Å². The molecule has 0 atom stereocenters. The van der Waals surface area contributed by atoms with E-state index in [1.54, 1.807) is 0 Å². The maximum absolute atomic E-state index is 4.73. The molecule has 150 valence electrons. The van der Waals surface area contributed by atoms with Crippen LogP contribution in [0.25, 0.3) is 5.65 Å². The van der Waals surface area contributed by atoms with Gasteiger partial charge in [-0.2, -0.15) is 0 Å². The van der Waals surface area contributed by atoms with Crippen LogP contribution in [0.3, 0.4) is 0 Å². The van der Waals surface area contributed by atoms with Gasteiger partial charge in [0.15, 0.2) is 17.4 Å². The van der Waals surface area contributed by atoms with Crippen LogP contribution in [-0.4, -0.2) is 46.2 Å². The molecule has 1 aliphatic heterocycles. The number of aliphatic imine (C=N–C) groups is 1. The van der Waals surface area contributed by atoms with E-state index >= 15 is 0 Å². The van der Waals surface area contributed by atoms with Crippen molar-refractivity contribution < 1.29 is 0 Å². The van der Waals surface area contributed by atoms with Crippen LogP contribution < -0.4 is 15.5 Å². The van der Waals surface area contributed by atoms with Gasteiger partial charge in [0.25, 0.3) is 0 Å². The van der Waals surface area contributed by atoms with Gasteiger partial charge in [-0.05, 0) is 49.4 Å². The van der Waals surface area contributed by atoms with Crippen molar-refractivity contribution in [3.8, 4) is 0 Å². The third kappa shape index (κ3) is 4.93. The fourth-order valence-electron chi connectivity index (χ4n) is 3.36. The van der Waals surface area contributed by atoms with Crippen molar-refractivity contribution in [3.05, 3.63) is 47.7 Å². The Bertz CT molecular complexity index is 885. The predicted octanol–water partition coefficient (Wildman–Crippen LogP) is 3.13. The Morgan fingerprint density at radius 3 is 2.82 bits per heavy atom. The number of anilines is 1. The van der Waals surface area contributed by atoms with Gasteiger partial charge in [-0.25, -0.2) is 4.99 Å². The second-order valence-corrected chi connectivity index (χ2v) is 7.52. The van der Waals surface area contributed by atoms with Crippen LogP contribution in [0.4, 0.5) is 5.00 Å². The smallest absolute Gasteiger partial charge is 0.191 e. The number of hydrogen-bond acceptors (Lipinski definition) is 5. The topological polar surface area (TPSA) is 69.8 Å². The molecule has 3 aromatic heterocycles.